The van der Waals surface area contributed by atoms with Gasteiger partial charge in [-0.1, -0.05) is 24.3 Å². The first-order valence-electron chi connectivity index (χ1n) is 7.96. The van der Waals surface area contributed by atoms with Crippen molar-refractivity contribution < 1.29 is 9.13 Å². The van der Waals surface area contributed by atoms with Crippen LogP contribution in [0.2, 0.25) is 0 Å². The number of nitrogens with zero attached hydrogens (tertiary/aromatic N) is 2. The number of ether oxygens (including phenoxy) is 1. The van der Waals surface area contributed by atoms with E-state index in [0.717, 1.165) is 29.2 Å². The van der Waals surface area contributed by atoms with Gasteiger partial charge in [-0.15, -0.1) is 0 Å². The van der Waals surface area contributed by atoms with E-state index in [0.29, 0.717) is 12.5 Å². The van der Waals surface area contributed by atoms with Crippen molar-refractivity contribution in [1.82, 2.24) is 9.97 Å². The molecule has 0 radical (unpaired) electrons. The molecule has 0 saturated heterocycles. The van der Waals surface area contributed by atoms with E-state index in [1.807, 2.05) is 24.3 Å². The van der Waals surface area contributed by atoms with Gasteiger partial charge in [0.15, 0.2) is 0 Å². The Hall–Kier alpha value is -3.15. The Morgan fingerprint density at radius 3 is 2.64 bits per heavy atom. The van der Waals surface area contributed by atoms with Crippen LogP contribution in [0.4, 0.5) is 21.8 Å². The van der Waals surface area contributed by atoms with Gasteiger partial charge in [-0.2, -0.15) is 4.98 Å². The Morgan fingerprint density at radius 2 is 1.84 bits per heavy atom. The molecule has 3 rings (SSSR count). The molecule has 128 valence electrons. The molecule has 0 spiro atoms. The number of para-hydroxylation sites is 2. The fourth-order valence-electron chi connectivity index (χ4n) is 2.37. The molecule has 0 saturated carbocycles. The van der Waals surface area contributed by atoms with Crippen LogP contribution in [0, 0.1) is 5.82 Å². The lowest BCUT2D eigenvalue weighted by Crippen LogP contribution is -2.08. The zero-order valence-electron chi connectivity index (χ0n) is 13.9. The number of aromatic nitrogens is 2. The fraction of sp³-hybridized carbons (Fsp3) is 0.158. The molecule has 0 atom stereocenters. The highest BCUT2D eigenvalue weighted by Gasteiger charge is 2.04. The van der Waals surface area contributed by atoms with Gasteiger partial charge >= 0.3 is 0 Å². The fourth-order valence-corrected chi connectivity index (χ4v) is 2.37. The third kappa shape index (κ3) is 4.67. The van der Waals surface area contributed by atoms with Crippen LogP contribution in [0.5, 0.6) is 5.75 Å². The lowest BCUT2D eigenvalue weighted by atomic mass is 10.1. The maximum Gasteiger partial charge on any atom is 0.229 e. The van der Waals surface area contributed by atoms with Crippen molar-refractivity contribution in [3.8, 4) is 5.75 Å². The minimum atomic E-state index is -0.223. The molecule has 5 nitrogen and oxygen atoms in total. The second kappa shape index (κ2) is 8.10. The van der Waals surface area contributed by atoms with Crippen molar-refractivity contribution in [3.63, 3.8) is 0 Å². The van der Waals surface area contributed by atoms with Crippen LogP contribution < -0.4 is 15.4 Å². The zero-order valence-corrected chi connectivity index (χ0v) is 13.9. The highest BCUT2D eigenvalue weighted by Crippen LogP contribution is 2.25. The lowest BCUT2D eigenvalue weighted by molar-refractivity contribution is 0.417. The van der Waals surface area contributed by atoms with Crippen molar-refractivity contribution in [1.29, 1.82) is 0 Å². The monoisotopic (exact) mass is 338 g/mol. The van der Waals surface area contributed by atoms with Gasteiger partial charge in [0.2, 0.25) is 5.95 Å². The Bertz CT molecular complexity index is 824. The van der Waals surface area contributed by atoms with Crippen LogP contribution in [-0.2, 0) is 6.42 Å². The van der Waals surface area contributed by atoms with Gasteiger partial charge in [-0.05, 0) is 42.3 Å². The van der Waals surface area contributed by atoms with Crippen LogP contribution in [0.15, 0.2) is 60.8 Å². The van der Waals surface area contributed by atoms with E-state index < -0.39 is 0 Å². The molecule has 3 aromatic rings. The summed E-state index contributed by atoms with van der Waals surface area (Å²) in [4.78, 5) is 8.67. The third-order valence-corrected chi connectivity index (χ3v) is 3.64. The zero-order chi connectivity index (χ0) is 17.5. The number of nitrogens with one attached hydrogen (secondary N) is 2. The number of anilines is 3. The Labute approximate surface area is 145 Å². The summed E-state index contributed by atoms with van der Waals surface area (Å²) < 4.78 is 18.2. The topological polar surface area (TPSA) is 59.1 Å². The molecule has 1 heterocycles. The SMILES string of the molecule is COc1ccccc1Nc1nccc(NCCc2ccc(F)cc2)n1. The molecule has 2 N–H and O–H groups in total. The van der Waals surface area contributed by atoms with E-state index in [9.17, 15) is 4.39 Å². The molecule has 2 aromatic carbocycles. The average molecular weight is 338 g/mol. The Kier molecular flexibility index (Phi) is 5.41. The Morgan fingerprint density at radius 1 is 1.04 bits per heavy atom. The van der Waals surface area contributed by atoms with Gasteiger partial charge in [0.05, 0.1) is 12.8 Å². The predicted octanol–water partition coefficient (Wildman–Crippen LogP) is 4.02. The summed E-state index contributed by atoms with van der Waals surface area (Å²) in [5.41, 5.74) is 1.86. The van der Waals surface area contributed by atoms with Crippen molar-refractivity contribution in [2.75, 3.05) is 24.3 Å². The highest BCUT2D eigenvalue weighted by molar-refractivity contribution is 5.62. The summed E-state index contributed by atoms with van der Waals surface area (Å²) in [6.07, 6.45) is 2.46. The van der Waals surface area contributed by atoms with E-state index in [1.54, 1.807) is 31.5 Å². The van der Waals surface area contributed by atoms with E-state index in [-0.39, 0.29) is 5.82 Å². The first kappa shape index (κ1) is 16.7. The third-order valence-electron chi connectivity index (χ3n) is 3.64. The molecule has 0 unspecified atom stereocenters. The molecule has 0 amide bonds. The summed E-state index contributed by atoms with van der Waals surface area (Å²) in [6.45, 7) is 0.691. The van der Waals surface area contributed by atoms with Crippen molar-refractivity contribution in [2.45, 2.75) is 6.42 Å². The summed E-state index contributed by atoms with van der Waals surface area (Å²) >= 11 is 0. The summed E-state index contributed by atoms with van der Waals surface area (Å²) in [7, 11) is 1.62. The first-order valence-corrected chi connectivity index (χ1v) is 7.96. The smallest absolute Gasteiger partial charge is 0.229 e. The Balaban J connectivity index is 1.60. The van der Waals surface area contributed by atoms with Gasteiger partial charge in [0.25, 0.3) is 0 Å². The summed E-state index contributed by atoms with van der Waals surface area (Å²) in [5.74, 6) is 1.70. The number of methoxy groups -OCH3 is 1. The number of hydrogen-bond acceptors (Lipinski definition) is 5. The van der Waals surface area contributed by atoms with Crippen LogP contribution in [-0.4, -0.2) is 23.6 Å². The van der Waals surface area contributed by atoms with E-state index in [4.69, 9.17) is 4.74 Å². The normalized spacial score (nSPS) is 10.3. The molecule has 0 fully saturated rings. The molecule has 6 heteroatoms. The number of rotatable bonds is 7. The van der Waals surface area contributed by atoms with E-state index in [2.05, 4.69) is 20.6 Å². The summed E-state index contributed by atoms with van der Waals surface area (Å²) in [5, 5.41) is 6.40. The highest BCUT2D eigenvalue weighted by atomic mass is 19.1. The van der Waals surface area contributed by atoms with Crippen LogP contribution in [0.1, 0.15) is 5.56 Å². The molecule has 1 aromatic heterocycles. The predicted molar refractivity (Wildman–Crippen MR) is 96.9 cm³/mol. The molecule has 0 aliphatic carbocycles. The van der Waals surface area contributed by atoms with Crippen LogP contribution in [0.3, 0.4) is 0 Å². The second-order valence-corrected chi connectivity index (χ2v) is 5.39. The standard InChI is InChI=1S/C19H19FN4O/c1-25-17-5-3-2-4-16(17)23-19-22-13-11-18(24-19)21-12-10-14-6-8-15(20)9-7-14/h2-9,11,13H,10,12H2,1H3,(H2,21,22,23,24). The maximum atomic E-state index is 12.9. The van der Waals surface area contributed by atoms with Crippen LogP contribution in [0.25, 0.3) is 0 Å². The second-order valence-electron chi connectivity index (χ2n) is 5.39. The number of benzene rings is 2. The number of hydrogen-bond donors (Lipinski definition) is 2. The van der Waals surface area contributed by atoms with E-state index in [1.165, 1.54) is 12.1 Å². The van der Waals surface area contributed by atoms with Gasteiger partial charge in [0, 0.05) is 12.7 Å². The van der Waals surface area contributed by atoms with Gasteiger partial charge in [0.1, 0.15) is 17.4 Å². The summed E-state index contributed by atoms with van der Waals surface area (Å²) in [6, 6.07) is 15.9. The van der Waals surface area contributed by atoms with Gasteiger partial charge in [-0.25, -0.2) is 9.37 Å². The van der Waals surface area contributed by atoms with Gasteiger partial charge in [-0.3, -0.25) is 0 Å². The minimum absolute atomic E-state index is 0.223. The van der Waals surface area contributed by atoms with Gasteiger partial charge < -0.3 is 15.4 Å². The first-order chi connectivity index (χ1) is 12.2. The largest absolute Gasteiger partial charge is 0.495 e. The number of halogens is 1. The van der Waals surface area contributed by atoms with Crippen molar-refractivity contribution in [2.24, 2.45) is 0 Å². The molecule has 0 aliphatic rings. The molecule has 0 bridgehead atoms. The molecule has 0 aliphatic heterocycles. The van der Waals surface area contributed by atoms with E-state index >= 15 is 0 Å². The van der Waals surface area contributed by atoms with Crippen molar-refractivity contribution in [3.05, 3.63) is 72.2 Å². The minimum Gasteiger partial charge on any atom is -0.495 e. The van der Waals surface area contributed by atoms with Crippen LogP contribution >= 0.6 is 0 Å². The van der Waals surface area contributed by atoms with Crippen molar-refractivity contribution >= 4 is 17.5 Å². The average Bonchev–Trinajstić information content (AvgIpc) is 2.64. The quantitative estimate of drug-likeness (QED) is 0.681. The molecular weight excluding hydrogens is 319 g/mol. The molecule has 25 heavy (non-hydrogen) atoms. The maximum absolute atomic E-state index is 12.9. The lowest BCUT2D eigenvalue weighted by Gasteiger charge is -2.11. The molecular formula is C19H19FN4O.